The van der Waals surface area contributed by atoms with Crippen LogP contribution in [0.2, 0.25) is 0 Å². The number of allylic oxidation sites excluding steroid dienone is 1. The second kappa shape index (κ2) is 5.05. The highest BCUT2D eigenvalue weighted by atomic mass is 16.6. The van der Waals surface area contributed by atoms with E-state index in [0.29, 0.717) is 10.9 Å². The average molecular weight is 270 g/mol. The predicted octanol–water partition coefficient (Wildman–Crippen LogP) is 2.80. The topological polar surface area (TPSA) is 75.1 Å². The van der Waals surface area contributed by atoms with E-state index < -0.39 is 4.92 Å². The van der Waals surface area contributed by atoms with Crippen molar-refractivity contribution in [3.63, 3.8) is 0 Å². The quantitative estimate of drug-likeness (QED) is 0.634. The highest BCUT2D eigenvalue weighted by Crippen LogP contribution is 2.27. The molecule has 0 saturated heterocycles. The lowest BCUT2D eigenvalue weighted by Crippen LogP contribution is -2.04. The summed E-state index contributed by atoms with van der Waals surface area (Å²) in [5, 5.41) is 20.6. The largest absolute Gasteiger partial charge is 0.382 e. The smallest absolute Gasteiger partial charge is 0.270 e. The van der Waals surface area contributed by atoms with Crippen molar-refractivity contribution >= 4 is 22.3 Å². The third kappa shape index (κ3) is 2.34. The Balaban J connectivity index is 2.71. The van der Waals surface area contributed by atoms with Crippen LogP contribution in [-0.2, 0) is 0 Å². The molecule has 0 spiro atoms. The summed E-state index contributed by atoms with van der Waals surface area (Å²) in [5.41, 5.74) is 2.12. The van der Waals surface area contributed by atoms with Gasteiger partial charge in [-0.1, -0.05) is 0 Å². The lowest BCUT2D eigenvalue weighted by atomic mass is 10.2. The number of nitriles is 1. The molecule has 0 atom stereocenters. The van der Waals surface area contributed by atoms with E-state index in [9.17, 15) is 15.4 Å². The Hall–Kier alpha value is -2.81. The molecule has 6 nitrogen and oxygen atoms in total. The first-order chi connectivity index (χ1) is 9.43. The molecule has 0 unspecified atom stereocenters. The maximum atomic E-state index is 10.8. The first-order valence-electron chi connectivity index (χ1n) is 5.99. The van der Waals surface area contributed by atoms with Crippen molar-refractivity contribution in [2.45, 2.75) is 6.92 Å². The molecule has 0 aliphatic rings. The second-order valence-corrected chi connectivity index (χ2v) is 4.72. The molecule has 0 aliphatic heterocycles. The number of nitro benzene ring substituents is 1. The van der Waals surface area contributed by atoms with Gasteiger partial charge in [-0.05, 0) is 13.0 Å². The van der Waals surface area contributed by atoms with Crippen molar-refractivity contribution < 1.29 is 4.92 Å². The third-order valence-electron chi connectivity index (χ3n) is 2.94. The summed E-state index contributed by atoms with van der Waals surface area (Å²) in [6.07, 6.45) is 3.62. The molecule has 1 heterocycles. The van der Waals surface area contributed by atoms with Crippen LogP contribution in [0, 0.1) is 21.4 Å². The molecule has 20 heavy (non-hydrogen) atoms. The summed E-state index contributed by atoms with van der Waals surface area (Å²) in [6.45, 7) is 1.92. The highest BCUT2D eigenvalue weighted by molar-refractivity contribution is 5.90. The molecular weight excluding hydrogens is 256 g/mol. The molecule has 0 N–H and O–H groups in total. The SMILES string of the molecule is C/C(=C\N(C)C)n1cc(C#N)c2cc([N+](=O)[O-])ccc21. The predicted molar refractivity (Wildman–Crippen MR) is 76.9 cm³/mol. The summed E-state index contributed by atoms with van der Waals surface area (Å²) in [4.78, 5) is 12.3. The number of fused-ring (bicyclic) bond motifs is 1. The molecule has 0 saturated carbocycles. The molecule has 0 fully saturated rings. The fourth-order valence-corrected chi connectivity index (χ4v) is 2.15. The summed E-state index contributed by atoms with van der Waals surface area (Å²) in [5.74, 6) is 0. The fourth-order valence-electron chi connectivity index (χ4n) is 2.15. The van der Waals surface area contributed by atoms with Crippen LogP contribution in [0.25, 0.3) is 16.6 Å². The Morgan fingerprint density at radius 3 is 2.75 bits per heavy atom. The summed E-state index contributed by atoms with van der Waals surface area (Å²) >= 11 is 0. The van der Waals surface area contributed by atoms with Crippen molar-refractivity contribution in [1.29, 1.82) is 5.26 Å². The Bertz CT molecular complexity index is 750. The van der Waals surface area contributed by atoms with Gasteiger partial charge in [0.05, 0.1) is 16.0 Å². The van der Waals surface area contributed by atoms with Crippen molar-refractivity contribution in [2.75, 3.05) is 14.1 Å². The van der Waals surface area contributed by atoms with Crippen molar-refractivity contribution in [3.05, 3.63) is 46.3 Å². The lowest BCUT2D eigenvalue weighted by molar-refractivity contribution is -0.384. The number of rotatable bonds is 3. The van der Waals surface area contributed by atoms with Gasteiger partial charge in [0.1, 0.15) is 6.07 Å². The van der Waals surface area contributed by atoms with Crippen LogP contribution in [0.1, 0.15) is 12.5 Å². The van der Waals surface area contributed by atoms with Gasteiger partial charge in [0.25, 0.3) is 5.69 Å². The van der Waals surface area contributed by atoms with Gasteiger partial charge in [-0.25, -0.2) is 0 Å². The van der Waals surface area contributed by atoms with Gasteiger partial charge in [0.15, 0.2) is 0 Å². The van der Waals surface area contributed by atoms with Crippen LogP contribution in [0.15, 0.2) is 30.6 Å². The molecule has 0 amide bonds. The number of non-ortho nitro benzene ring substituents is 1. The number of hydrogen-bond donors (Lipinski definition) is 0. The first-order valence-corrected chi connectivity index (χ1v) is 5.99. The minimum absolute atomic E-state index is 0.0130. The monoisotopic (exact) mass is 270 g/mol. The van der Waals surface area contributed by atoms with Crippen molar-refractivity contribution in [3.8, 4) is 6.07 Å². The van der Waals surface area contributed by atoms with Crippen LogP contribution >= 0.6 is 0 Å². The molecule has 0 radical (unpaired) electrons. The van der Waals surface area contributed by atoms with Crippen LogP contribution < -0.4 is 0 Å². The van der Waals surface area contributed by atoms with E-state index in [2.05, 4.69) is 6.07 Å². The second-order valence-electron chi connectivity index (χ2n) is 4.72. The summed E-state index contributed by atoms with van der Waals surface area (Å²) < 4.78 is 1.86. The standard InChI is InChI=1S/C14H14N4O2/c1-10(8-16(2)3)17-9-11(7-15)13-6-12(18(19)20)4-5-14(13)17/h4-6,8-9H,1-3H3/b10-8+. The molecule has 6 heteroatoms. The molecule has 0 aliphatic carbocycles. The number of aromatic nitrogens is 1. The minimum atomic E-state index is -0.458. The van der Waals surface area contributed by atoms with Crippen molar-refractivity contribution in [2.24, 2.45) is 0 Å². The third-order valence-corrected chi connectivity index (χ3v) is 2.94. The van der Waals surface area contributed by atoms with Gasteiger partial charge in [0.2, 0.25) is 0 Å². The fraction of sp³-hybridized carbons (Fsp3) is 0.214. The van der Waals surface area contributed by atoms with E-state index in [1.54, 1.807) is 12.3 Å². The number of nitro groups is 1. The maximum Gasteiger partial charge on any atom is 0.270 e. The average Bonchev–Trinajstić information content (AvgIpc) is 2.75. The Kier molecular flexibility index (Phi) is 3.44. The molecule has 0 bridgehead atoms. The molecule has 102 valence electrons. The molecule has 2 aromatic rings. The van der Waals surface area contributed by atoms with E-state index in [-0.39, 0.29) is 5.69 Å². The Labute approximate surface area is 116 Å². The molecule has 2 rings (SSSR count). The van der Waals surface area contributed by atoms with Crippen LogP contribution in [0.3, 0.4) is 0 Å². The maximum absolute atomic E-state index is 10.8. The van der Waals surface area contributed by atoms with E-state index in [1.807, 2.05) is 36.7 Å². The number of benzene rings is 1. The number of hydrogen-bond acceptors (Lipinski definition) is 4. The van der Waals surface area contributed by atoms with Gasteiger partial charge in [0, 0.05) is 49.7 Å². The van der Waals surface area contributed by atoms with E-state index >= 15 is 0 Å². The van der Waals surface area contributed by atoms with E-state index in [4.69, 9.17) is 0 Å². The molecule has 1 aromatic heterocycles. The zero-order valence-electron chi connectivity index (χ0n) is 11.5. The van der Waals surface area contributed by atoms with Crippen LogP contribution in [0.4, 0.5) is 5.69 Å². The van der Waals surface area contributed by atoms with Gasteiger partial charge >= 0.3 is 0 Å². The summed E-state index contributed by atoms with van der Waals surface area (Å²) in [6, 6.07) is 6.63. The first kappa shape index (κ1) is 13.6. The lowest BCUT2D eigenvalue weighted by Gasteiger charge is -2.10. The van der Waals surface area contributed by atoms with Gasteiger partial charge in [-0.3, -0.25) is 10.1 Å². The van der Waals surface area contributed by atoms with Gasteiger partial charge in [-0.15, -0.1) is 0 Å². The Morgan fingerprint density at radius 1 is 1.50 bits per heavy atom. The number of nitrogens with zero attached hydrogens (tertiary/aromatic N) is 4. The Morgan fingerprint density at radius 2 is 2.20 bits per heavy atom. The molecular formula is C14H14N4O2. The highest BCUT2D eigenvalue weighted by Gasteiger charge is 2.14. The van der Waals surface area contributed by atoms with E-state index in [1.165, 1.54) is 12.1 Å². The van der Waals surface area contributed by atoms with Gasteiger partial charge in [-0.2, -0.15) is 5.26 Å². The summed E-state index contributed by atoms with van der Waals surface area (Å²) in [7, 11) is 3.82. The van der Waals surface area contributed by atoms with E-state index in [0.717, 1.165) is 11.2 Å². The van der Waals surface area contributed by atoms with Crippen molar-refractivity contribution in [1.82, 2.24) is 9.47 Å². The van der Waals surface area contributed by atoms with Crippen LogP contribution in [-0.4, -0.2) is 28.5 Å². The zero-order valence-corrected chi connectivity index (χ0v) is 11.5. The minimum Gasteiger partial charge on any atom is -0.382 e. The van der Waals surface area contributed by atoms with Gasteiger partial charge < -0.3 is 9.47 Å². The van der Waals surface area contributed by atoms with Crippen LogP contribution in [0.5, 0.6) is 0 Å². The zero-order chi connectivity index (χ0) is 14.9. The normalized spacial score (nSPS) is 11.4. The molecule has 1 aromatic carbocycles.